The van der Waals surface area contributed by atoms with Gasteiger partial charge in [0.05, 0.1) is 27.2 Å². The summed E-state index contributed by atoms with van der Waals surface area (Å²) >= 11 is 1.61. The molecule has 1 atom stereocenters. The lowest BCUT2D eigenvalue weighted by Crippen LogP contribution is -2.25. The highest BCUT2D eigenvalue weighted by molar-refractivity contribution is 7.16. The minimum absolute atomic E-state index is 0.202. The molecule has 1 unspecified atom stereocenters. The number of aromatic nitrogens is 5. The van der Waals surface area contributed by atoms with Crippen molar-refractivity contribution in [3.05, 3.63) is 53.5 Å². The van der Waals surface area contributed by atoms with E-state index in [9.17, 15) is 4.79 Å². The molecule has 0 fully saturated rings. The van der Waals surface area contributed by atoms with Gasteiger partial charge in [-0.2, -0.15) is 5.10 Å². The Kier molecular flexibility index (Phi) is 4.50. The van der Waals surface area contributed by atoms with Crippen LogP contribution in [0, 0.1) is 0 Å². The number of benzene rings is 1. The maximum atomic E-state index is 10.7. The van der Waals surface area contributed by atoms with Gasteiger partial charge >= 0.3 is 0 Å². The highest BCUT2D eigenvalue weighted by atomic mass is 32.1. The number of aldehydes is 1. The Labute approximate surface area is 188 Å². The zero-order valence-corrected chi connectivity index (χ0v) is 18.1. The number of nitrogens with zero attached hydrogens (tertiary/aromatic N) is 6. The SMILES string of the molecule is Nc1ncnc2c1c(-c1ccc3ncsc3c1)nn2C1CC2=C(C1)CN(C=CC=O)CC2. The number of hydrogen-bond donors (Lipinski definition) is 1. The van der Waals surface area contributed by atoms with Crippen LogP contribution in [0.2, 0.25) is 0 Å². The first-order valence-electron chi connectivity index (χ1n) is 10.6. The molecule has 4 aromatic rings. The summed E-state index contributed by atoms with van der Waals surface area (Å²) in [4.78, 5) is 26.1. The van der Waals surface area contributed by atoms with E-state index in [0.29, 0.717) is 5.82 Å². The average molecular weight is 444 g/mol. The minimum atomic E-state index is 0.202. The third-order valence-corrected chi connectivity index (χ3v) is 7.19. The van der Waals surface area contributed by atoms with Crippen LogP contribution in [0.1, 0.15) is 25.3 Å². The first kappa shape index (κ1) is 19.1. The molecule has 0 saturated heterocycles. The molecule has 8 nitrogen and oxygen atoms in total. The van der Waals surface area contributed by atoms with Crippen molar-refractivity contribution in [3.8, 4) is 11.3 Å². The topological polar surface area (TPSA) is 103 Å². The van der Waals surface area contributed by atoms with Gasteiger partial charge in [0.1, 0.15) is 24.1 Å². The Morgan fingerprint density at radius 1 is 1.16 bits per heavy atom. The van der Waals surface area contributed by atoms with Crippen LogP contribution in [0.15, 0.2) is 53.5 Å². The molecule has 0 saturated carbocycles. The van der Waals surface area contributed by atoms with Gasteiger partial charge in [-0.1, -0.05) is 11.6 Å². The molecular weight excluding hydrogens is 422 g/mol. The Morgan fingerprint density at radius 2 is 2.06 bits per heavy atom. The Balaban J connectivity index is 1.39. The van der Waals surface area contributed by atoms with E-state index in [1.54, 1.807) is 17.4 Å². The number of thiazole rings is 1. The van der Waals surface area contributed by atoms with Gasteiger partial charge in [-0.05, 0) is 43.0 Å². The predicted octanol–water partition coefficient (Wildman–Crippen LogP) is 3.74. The fraction of sp³-hybridized carbons (Fsp3) is 0.261. The Hall–Kier alpha value is -3.59. The van der Waals surface area contributed by atoms with Gasteiger partial charge < -0.3 is 10.6 Å². The molecule has 0 bridgehead atoms. The molecule has 2 aliphatic rings. The molecule has 1 aliphatic carbocycles. The second kappa shape index (κ2) is 7.52. The first-order chi connectivity index (χ1) is 15.7. The minimum Gasteiger partial charge on any atom is -0.383 e. The standard InChI is InChI=1S/C23H21N7OS/c24-22-20-21(15-2-3-18-19(10-15)32-13-27-18)28-30(23(20)26-12-25-22)17-8-14-4-6-29(5-1-7-31)11-16(14)9-17/h1-3,5,7,10,12-13,17H,4,6,8-9,11H2,(H2,24,25,26). The molecule has 0 spiro atoms. The van der Waals surface area contributed by atoms with E-state index >= 15 is 0 Å². The number of nitrogen functional groups attached to an aromatic ring is 1. The zero-order valence-electron chi connectivity index (χ0n) is 17.3. The van der Waals surface area contributed by atoms with Crippen LogP contribution in [0.25, 0.3) is 32.5 Å². The third kappa shape index (κ3) is 3.08. The number of fused-ring (bicyclic) bond motifs is 2. The van der Waals surface area contributed by atoms with Crippen LogP contribution in [-0.4, -0.2) is 49.0 Å². The number of carbonyl (C=O) groups is 1. The summed E-state index contributed by atoms with van der Waals surface area (Å²) in [5, 5.41) is 5.84. The number of carbonyl (C=O) groups excluding carboxylic acids is 1. The van der Waals surface area contributed by atoms with E-state index in [-0.39, 0.29) is 6.04 Å². The molecule has 0 amide bonds. The van der Waals surface area contributed by atoms with E-state index in [1.165, 1.54) is 17.5 Å². The molecule has 0 radical (unpaired) electrons. The van der Waals surface area contributed by atoms with Crippen molar-refractivity contribution in [3.63, 3.8) is 0 Å². The van der Waals surface area contributed by atoms with E-state index in [1.807, 2.05) is 28.5 Å². The normalized spacial score (nSPS) is 18.9. The first-order valence-corrected chi connectivity index (χ1v) is 11.5. The maximum absolute atomic E-state index is 10.7. The Morgan fingerprint density at radius 3 is 2.97 bits per heavy atom. The van der Waals surface area contributed by atoms with Crippen LogP contribution in [0.4, 0.5) is 5.82 Å². The number of rotatable bonds is 4. The van der Waals surface area contributed by atoms with E-state index in [4.69, 9.17) is 10.8 Å². The van der Waals surface area contributed by atoms with Crippen molar-refractivity contribution >= 4 is 44.7 Å². The van der Waals surface area contributed by atoms with Crippen LogP contribution in [-0.2, 0) is 4.79 Å². The summed E-state index contributed by atoms with van der Waals surface area (Å²) in [7, 11) is 0. The van der Waals surface area contributed by atoms with E-state index in [2.05, 4.69) is 25.9 Å². The fourth-order valence-corrected chi connectivity index (χ4v) is 5.62. The van der Waals surface area contributed by atoms with E-state index < -0.39 is 0 Å². The zero-order chi connectivity index (χ0) is 21.7. The lowest BCUT2D eigenvalue weighted by molar-refractivity contribution is -0.104. The molecule has 9 heteroatoms. The molecule has 4 heterocycles. The van der Waals surface area contributed by atoms with Crippen molar-refractivity contribution in [2.24, 2.45) is 0 Å². The second-order valence-corrected chi connectivity index (χ2v) is 9.14. The van der Waals surface area contributed by atoms with Gasteiger partial charge in [0.25, 0.3) is 0 Å². The molecule has 1 aromatic carbocycles. The van der Waals surface area contributed by atoms with Gasteiger partial charge in [-0.25, -0.2) is 19.6 Å². The van der Waals surface area contributed by atoms with Gasteiger partial charge in [-0.15, -0.1) is 11.3 Å². The van der Waals surface area contributed by atoms with Gasteiger partial charge in [0.2, 0.25) is 0 Å². The maximum Gasteiger partial charge on any atom is 0.164 e. The molecule has 2 N–H and O–H groups in total. The lowest BCUT2D eigenvalue weighted by atomic mass is 10.0. The van der Waals surface area contributed by atoms with Gasteiger partial charge in [-0.3, -0.25) is 4.79 Å². The predicted molar refractivity (Wildman–Crippen MR) is 125 cm³/mol. The van der Waals surface area contributed by atoms with Crippen molar-refractivity contribution in [1.29, 1.82) is 0 Å². The number of allylic oxidation sites excluding steroid dienone is 1. The summed E-state index contributed by atoms with van der Waals surface area (Å²) in [6.45, 7) is 1.80. The fourth-order valence-electron chi connectivity index (χ4n) is 4.90. The summed E-state index contributed by atoms with van der Waals surface area (Å²) in [5.74, 6) is 0.446. The van der Waals surface area contributed by atoms with Gasteiger partial charge in [0, 0.05) is 24.9 Å². The van der Waals surface area contributed by atoms with Crippen LogP contribution in [0.3, 0.4) is 0 Å². The summed E-state index contributed by atoms with van der Waals surface area (Å²) in [6.07, 6.45) is 8.69. The van der Waals surface area contributed by atoms with Crippen LogP contribution >= 0.6 is 11.3 Å². The molecule has 160 valence electrons. The quantitative estimate of drug-likeness (QED) is 0.291. The summed E-state index contributed by atoms with van der Waals surface area (Å²) in [6, 6.07) is 6.37. The summed E-state index contributed by atoms with van der Waals surface area (Å²) in [5.41, 5.74) is 14.7. The van der Waals surface area contributed by atoms with Crippen molar-refractivity contribution in [2.45, 2.75) is 25.3 Å². The summed E-state index contributed by atoms with van der Waals surface area (Å²) < 4.78 is 3.16. The van der Waals surface area contributed by atoms with Crippen LogP contribution < -0.4 is 5.73 Å². The molecule has 32 heavy (non-hydrogen) atoms. The van der Waals surface area contributed by atoms with Crippen molar-refractivity contribution in [1.82, 2.24) is 29.6 Å². The smallest absolute Gasteiger partial charge is 0.164 e. The third-order valence-electron chi connectivity index (χ3n) is 6.40. The molecule has 3 aromatic heterocycles. The highest BCUT2D eigenvalue weighted by Gasteiger charge is 2.31. The van der Waals surface area contributed by atoms with Crippen molar-refractivity contribution < 1.29 is 4.79 Å². The number of nitrogens with two attached hydrogens (primary N) is 1. The lowest BCUT2D eigenvalue weighted by Gasteiger charge is -2.26. The van der Waals surface area contributed by atoms with E-state index in [0.717, 1.165) is 71.1 Å². The second-order valence-electron chi connectivity index (χ2n) is 8.25. The highest BCUT2D eigenvalue weighted by Crippen LogP contribution is 2.42. The number of anilines is 1. The van der Waals surface area contributed by atoms with Crippen LogP contribution in [0.5, 0.6) is 0 Å². The average Bonchev–Trinajstić information content (AvgIpc) is 3.53. The van der Waals surface area contributed by atoms with Gasteiger partial charge in [0.15, 0.2) is 5.65 Å². The number of hydrogen-bond acceptors (Lipinski definition) is 8. The monoisotopic (exact) mass is 443 g/mol. The molecule has 1 aliphatic heterocycles. The van der Waals surface area contributed by atoms with Crippen molar-refractivity contribution in [2.75, 3.05) is 18.8 Å². The molecular formula is C23H21N7OS. The Bertz CT molecular complexity index is 1420. The molecule has 6 rings (SSSR count). The largest absolute Gasteiger partial charge is 0.383 e.